The number of sulfonamides is 1. The van der Waals surface area contributed by atoms with Crippen molar-refractivity contribution in [3.05, 3.63) is 88.9 Å². The Kier molecular flexibility index (Phi) is 8.17. The summed E-state index contributed by atoms with van der Waals surface area (Å²) in [7, 11) is -3.89. The lowest BCUT2D eigenvalue weighted by molar-refractivity contribution is -0.119. The highest BCUT2D eigenvalue weighted by molar-refractivity contribution is 9.10. The average molecular weight is 519 g/mol. The molecule has 0 unspecified atom stereocenters. The minimum Gasteiger partial charge on any atom is -0.354 e. The fourth-order valence-corrected chi connectivity index (χ4v) is 5.30. The smallest absolute Gasteiger partial charge is 0.264 e. The number of amides is 1. The molecule has 31 heavy (non-hydrogen) atoms. The molecule has 1 N–H and O–H groups in total. The van der Waals surface area contributed by atoms with Crippen LogP contribution in [0.25, 0.3) is 0 Å². The lowest BCUT2D eigenvalue weighted by atomic mass is 10.2. The molecule has 0 radical (unpaired) electrons. The second kappa shape index (κ2) is 10.8. The van der Waals surface area contributed by atoms with Gasteiger partial charge in [-0.1, -0.05) is 51.8 Å². The van der Waals surface area contributed by atoms with Crippen molar-refractivity contribution in [2.75, 3.05) is 23.1 Å². The van der Waals surface area contributed by atoms with Gasteiger partial charge in [-0.2, -0.15) is 0 Å². The zero-order valence-corrected chi connectivity index (χ0v) is 20.2. The first-order valence-corrected chi connectivity index (χ1v) is 12.9. The zero-order valence-electron chi connectivity index (χ0n) is 17.0. The summed E-state index contributed by atoms with van der Waals surface area (Å²) in [5, 5.41) is 2.82. The molecule has 0 aliphatic heterocycles. The van der Waals surface area contributed by atoms with Crippen LogP contribution in [-0.2, 0) is 14.8 Å². The second-order valence-corrected chi connectivity index (χ2v) is 10.8. The van der Waals surface area contributed by atoms with Crippen molar-refractivity contribution >= 4 is 49.3 Å². The highest BCUT2D eigenvalue weighted by Gasteiger charge is 2.26. The Bertz CT molecular complexity index is 1100. The van der Waals surface area contributed by atoms with Gasteiger partial charge < -0.3 is 5.32 Å². The van der Waals surface area contributed by atoms with E-state index in [0.717, 1.165) is 13.7 Å². The van der Waals surface area contributed by atoms with Gasteiger partial charge in [-0.15, -0.1) is 11.8 Å². The van der Waals surface area contributed by atoms with E-state index in [0.29, 0.717) is 18.0 Å². The topological polar surface area (TPSA) is 66.5 Å². The zero-order chi connectivity index (χ0) is 22.3. The molecule has 0 saturated heterocycles. The van der Waals surface area contributed by atoms with Gasteiger partial charge in [0.2, 0.25) is 5.91 Å². The molecule has 0 fully saturated rings. The van der Waals surface area contributed by atoms with Gasteiger partial charge in [0, 0.05) is 21.7 Å². The molecule has 0 aromatic heterocycles. The third-order valence-electron chi connectivity index (χ3n) is 4.45. The first kappa shape index (κ1) is 23.4. The minimum absolute atomic E-state index is 0.139. The van der Waals surface area contributed by atoms with Gasteiger partial charge >= 0.3 is 0 Å². The monoisotopic (exact) mass is 518 g/mol. The van der Waals surface area contributed by atoms with E-state index in [1.54, 1.807) is 54.2 Å². The number of nitrogens with zero attached hydrogens (tertiary/aromatic N) is 1. The van der Waals surface area contributed by atoms with Crippen LogP contribution in [0.2, 0.25) is 0 Å². The van der Waals surface area contributed by atoms with Crippen molar-refractivity contribution in [2.45, 2.75) is 16.7 Å². The third-order valence-corrected chi connectivity index (χ3v) is 7.78. The van der Waals surface area contributed by atoms with Gasteiger partial charge in [0.1, 0.15) is 6.54 Å². The van der Waals surface area contributed by atoms with Gasteiger partial charge in [0.15, 0.2) is 0 Å². The Hall–Kier alpha value is -2.29. The Labute approximate surface area is 196 Å². The number of carbonyl (C=O) groups excluding carboxylic acids is 1. The highest BCUT2D eigenvalue weighted by Crippen LogP contribution is 2.25. The maximum atomic E-state index is 13.2. The van der Waals surface area contributed by atoms with E-state index >= 15 is 0 Å². The second-order valence-electron chi connectivity index (χ2n) is 6.81. The predicted molar refractivity (Wildman–Crippen MR) is 130 cm³/mol. The molecule has 0 atom stereocenters. The number of anilines is 1. The third kappa shape index (κ3) is 6.59. The summed E-state index contributed by atoms with van der Waals surface area (Å²) in [5.41, 5.74) is 1.63. The molecule has 0 bridgehead atoms. The number of rotatable bonds is 9. The van der Waals surface area contributed by atoms with Crippen LogP contribution >= 0.6 is 27.7 Å². The van der Waals surface area contributed by atoms with Crippen LogP contribution in [0.15, 0.2) is 93.1 Å². The van der Waals surface area contributed by atoms with Crippen LogP contribution in [0.3, 0.4) is 0 Å². The number of carbonyl (C=O) groups is 1. The SMILES string of the molecule is Cc1ccc(SCCNC(=O)CN(c2ccc(Br)cc2)S(=O)(=O)c2ccccc2)cc1. The number of hydrogen-bond acceptors (Lipinski definition) is 4. The first-order valence-electron chi connectivity index (χ1n) is 9.66. The lowest BCUT2D eigenvalue weighted by Crippen LogP contribution is -2.41. The summed E-state index contributed by atoms with van der Waals surface area (Å²) < 4.78 is 28.4. The molecule has 0 aliphatic carbocycles. The molecule has 3 aromatic rings. The highest BCUT2D eigenvalue weighted by atomic mass is 79.9. The molecule has 162 valence electrons. The van der Waals surface area contributed by atoms with Gasteiger partial charge in [-0.05, 0) is 55.5 Å². The number of halogens is 1. The van der Waals surface area contributed by atoms with E-state index < -0.39 is 10.0 Å². The van der Waals surface area contributed by atoms with Crippen molar-refractivity contribution in [3.8, 4) is 0 Å². The Morgan fingerprint density at radius 2 is 1.61 bits per heavy atom. The first-order chi connectivity index (χ1) is 14.9. The molecule has 1 amide bonds. The number of nitrogens with one attached hydrogen (secondary N) is 1. The summed E-state index contributed by atoms with van der Waals surface area (Å²) in [4.78, 5) is 13.9. The molecule has 3 aromatic carbocycles. The fourth-order valence-electron chi connectivity index (χ4n) is 2.82. The van der Waals surface area contributed by atoms with Crippen molar-refractivity contribution < 1.29 is 13.2 Å². The number of thioether (sulfide) groups is 1. The van der Waals surface area contributed by atoms with E-state index in [1.165, 1.54) is 17.7 Å². The standard InChI is InChI=1S/C23H23BrN2O3S2/c1-18-7-13-21(14-8-18)30-16-15-25-23(27)17-26(20-11-9-19(24)10-12-20)31(28,29)22-5-3-2-4-6-22/h2-14H,15-17H2,1H3,(H,25,27). The molecule has 8 heteroatoms. The molecular weight excluding hydrogens is 496 g/mol. The van der Waals surface area contributed by atoms with Crippen LogP contribution in [-0.4, -0.2) is 33.2 Å². The van der Waals surface area contributed by atoms with Crippen LogP contribution in [0, 0.1) is 6.92 Å². The quantitative estimate of drug-likeness (QED) is 0.324. The maximum Gasteiger partial charge on any atom is 0.264 e. The summed E-state index contributed by atoms with van der Waals surface area (Å²) in [5.74, 6) is 0.338. The Balaban J connectivity index is 1.67. The normalized spacial score (nSPS) is 11.2. The lowest BCUT2D eigenvalue weighted by Gasteiger charge is -2.24. The molecule has 5 nitrogen and oxygen atoms in total. The molecular formula is C23H23BrN2O3S2. The molecule has 0 heterocycles. The van der Waals surface area contributed by atoms with Crippen molar-refractivity contribution in [1.29, 1.82) is 0 Å². The molecule has 0 aliphatic rings. The Morgan fingerprint density at radius 1 is 0.968 bits per heavy atom. The molecule has 3 rings (SSSR count). The van der Waals surface area contributed by atoms with E-state index in [9.17, 15) is 13.2 Å². The van der Waals surface area contributed by atoms with Gasteiger partial charge in [0.25, 0.3) is 10.0 Å². The van der Waals surface area contributed by atoms with Gasteiger partial charge in [0.05, 0.1) is 10.6 Å². The summed E-state index contributed by atoms with van der Waals surface area (Å²) in [6.45, 7) is 2.18. The fraction of sp³-hybridized carbons (Fsp3) is 0.174. The van der Waals surface area contributed by atoms with Crippen molar-refractivity contribution in [2.24, 2.45) is 0 Å². The van der Waals surface area contributed by atoms with Crippen LogP contribution in [0.5, 0.6) is 0 Å². The number of hydrogen-bond donors (Lipinski definition) is 1. The summed E-state index contributed by atoms with van der Waals surface area (Å²) >= 11 is 5.00. The van der Waals surface area contributed by atoms with Crippen LogP contribution in [0.1, 0.15) is 5.56 Å². The Morgan fingerprint density at radius 3 is 2.26 bits per heavy atom. The summed E-state index contributed by atoms with van der Waals surface area (Å²) in [6.07, 6.45) is 0. The number of benzene rings is 3. The molecule has 0 saturated carbocycles. The van der Waals surface area contributed by atoms with Crippen LogP contribution in [0.4, 0.5) is 5.69 Å². The van der Waals surface area contributed by atoms with Crippen molar-refractivity contribution in [3.63, 3.8) is 0 Å². The maximum absolute atomic E-state index is 13.2. The largest absolute Gasteiger partial charge is 0.354 e. The van der Waals surface area contributed by atoms with E-state index in [2.05, 4.69) is 21.2 Å². The summed E-state index contributed by atoms with van der Waals surface area (Å²) in [6, 6.07) is 23.2. The van der Waals surface area contributed by atoms with Crippen molar-refractivity contribution in [1.82, 2.24) is 5.32 Å². The van der Waals surface area contributed by atoms with E-state index in [-0.39, 0.29) is 17.3 Å². The van der Waals surface area contributed by atoms with E-state index in [4.69, 9.17) is 0 Å². The number of aryl methyl sites for hydroxylation is 1. The molecule has 0 spiro atoms. The van der Waals surface area contributed by atoms with E-state index in [1.807, 2.05) is 31.2 Å². The van der Waals surface area contributed by atoms with Gasteiger partial charge in [-0.3, -0.25) is 9.10 Å². The minimum atomic E-state index is -3.89. The van der Waals surface area contributed by atoms with Gasteiger partial charge in [-0.25, -0.2) is 8.42 Å². The average Bonchev–Trinajstić information content (AvgIpc) is 2.77. The van der Waals surface area contributed by atoms with Crippen LogP contribution < -0.4 is 9.62 Å². The predicted octanol–water partition coefficient (Wildman–Crippen LogP) is 4.86.